The number of halogens is 3. The van der Waals surface area contributed by atoms with Gasteiger partial charge in [-0.25, -0.2) is 4.79 Å². The summed E-state index contributed by atoms with van der Waals surface area (Å²) in [7, 11) is 0. The number of nitrogens with one attached hydrogen (secondary N) is 1. The van der Waals surface area contributed by atoms with Crippen LogP contribution in [0.4, 0.5) is 4.79 Å². The summed E-state index contributed by atoms with van der Waals surface area (Å²) in [6.07, 6.45) is 6.35. The topological polar surface area (TPSA) is 117 Å². The van der Waals surface area contributed by atoms with Crippen LogP contribution < -0.4 is 11.1 Å². The van der Waals surface area contributed by atoms with E-state index in [1.165, 1.54) is 12.8 Å². The average molecular weight is 828 g/mol. The number of hydrogen-bond acceptors (Lipinski definition) is 7. The minimum absolute atomic E-state index is 0. The number of alkyl halides is 2. The van der Waals surface area contributed by atoms with Gasteiger partial charge in [-0.15, -0.1) is 35.6 Å². The maximum Gasteiger partial charge on any atom is 0.408 e. The van der Waals surface area contributed by atoms with Crippen LogP contribution in [0.3, 0.4) is 0 Å². The zero-order valence-corrected chi connectivity index (χ0v) is 36.9. The number of hydrogen-bond donors (Lipinski definition) is 2. The summed E-state index contributed by atoms with van der Waals surface area (Å²) in [4.78, 5) is 37.4. The van der Waals surface area contributed by atoms with E-state index in [4.69, 9.17) is 43.1 Å². The molecule has 8 nitrogen and oxygen atoms in total. The smallest absolute Gasteiger partial charge is 0.408 e. The molecule has 0 bridgehead atoms. The van der Waals surface area contributed by atoms with Crippen LogP contribution in [0.2, 0.25) is 0 Å². The van der Waals surface area contributed by atoms with E-state index in [-0.39, 0.29) is 60.8 Å². The summed E-state index contributed by atoms with van der Waals surface area (Å²) in [6, 6.07) is 18.5. The molecule has 2 fully saturated rings. The Morgan fingerprint density at radius 2 is 1.13 bits per heavy atom. The predicted molar refractivity (Wildman–Crippen MR) is 227 cm³/mol. The van der Waals surface area contributed by atoms with Crippen molar-refractivity contribution in [3.63, 3.8) is 0 Å². The van der Waals surface area contributed by atoms with E-state index in [1.54, 1.807) is 0 Å². The molecule has 0 radical (unpaired) electrons. The lowest BCUT2D eigenvalue weighted by Crippen LogP contribution is -2.38. The molecule has 8 atom stereocenters. The van der Waals surface area contributed by atoms with Crippen LogP contribution >= 0.6 is 35.6 Å². The predicted octanol–water partition coefficient (Wildman–Crippen LogP) is 11.6. The SMILES string of the molecule is CC(C)[C@@H]1CC[C@@H](C)C[C@H]1OC(=O)C[C@@H](N)c1ccccc1.CC(C)[C@@H]1CC[C@@H](C)C[C@H]1OC(=O)C[C@@H](NC(=O)OC(C)(C)C)c1ccccc1.Cl.ClCCl. The third kappa shape index (κ3) is 19.5. The van der Waals surface area contributed by atoms with Gasteiger partial charge < -0.3 is 25.3 Å². The number of rotatable bonds is 11. The second-order valence-corrected chi connectivity index (χ2v) is 17.7. The lowest BCUT2D eigenvalue weighted by atomic mass is 9.75. The number of alkyl carbamates (subject to hydrolysis) is 1. The van der Waals surface area contributed by atoms with Crippen LogP contribution in [0.25, 0.3) is 0 Å². The van der Waals surface area contributed by atoms with Crippen molar-refractivity contribution in [2.24, 2.45) is 41.2 Å². The van der Waals surface area contributed by atoms with E-state index in [9.17, 15) is 14.4 Å². The molecule has 0 aromatic heterocycles. The van der Waals surface area contributed by atoms with E-state index in [1.807, 2.05) is 81.4 Å². The summed E-state index contributed by atoms with van der Waals surface area (Å²) in [6.45, 7) is 18.7. The van der Waals surface area contributed by atoms with Crippen molar-refractivity contribution in [3.8, 4) is 0 Å². The van der Waals surface area contributed by atoms with Gasteiger partial charge in [0.25, 0.3) is 0 Å². The van der Waals surface area contributed by atoms with Crippen LogP contribution in [0, 0.1) is 35.5 Å². The van der Waals surface area contributed by atoms with Crippen molar-refractivity contribution in [1.82, 2.24) is 5.32 Å². The first-order chi connectivity index (χ1) is 25.4. The maximum absolute atomic E-state index is 12.8. The zero-order valence-electron chi connectivity index (χ0n) is 34.6. The van der Waals surface area contributed by atoms with Crippen molar-refractivity contribution in [1.29, 1.82) is 0 Å². The van der Waals surface area contributed by atoms with Crippen LogP contribution in [0.5, 0.6) is 0 Å². The van der Waals surface area contributed by atoms with Gasteiger partial charge in [0.2, 0.25) is 0 Å². The van der Waals surface area contributed by atoms with Crippen molar-refractivity contribution in [3.05, 3.63) is 71.8 Å². The van der Waals surface area contributed by atoms with Crippen molar-refractivity contribution >= 4 is 53.6 Å². The Kier molecular flexibility index (Phi) is 23.6. The maximum atomic E-state index is 12.8. The van der Waals surface area contributed by atoms with Crippen molar-refractivity contribution in [2.45, 2.75) is 144 Å². The molecule has 0 spiro atoms. The Hall–Kier alpha value is -2.52. The molecule has 0 saturated heterocycles. The van der Waals surface area contributed by atoms with E-state index < -0.39 is 17.7 Å². The van der Waals surface area contributed by atoms with Gasteiger partial charge in [-0.1, -0.05) is 115 Å². The van der Waals surface area contributed by atoms with Gasteiger partial charge in [0.1, 0.15) is 17.8 Å². The van der Waals surface area contributed by atoms with Gasteiger partial charge in [0.15, 0.2) is 0 Å². The van der Waals surface area contributed by atoms with Gasteiger partial charge >= 0.3 is 18.0 Å². The Morgan fingerprint density at radius 3 is 1.53 bits per heavy atom. The van der Waals surface area contributed by atoms with Gasteiger partial charge in [-0.3, -0.25) is 9.59 Å². The number of amides is 1. The second-order valence-electron chi connectivity index (χ2n) is 16.8. The highest BCUT2D eigenvalue weighted by Crippen LogP contribution is 2.37. The van der Waals surface area contributed by atoms with E-state index in [0.717, 1.165) is 36.8 Å². The molecule has 0 heterocycles. The molecular formula is C44H69Cl3N2O6. The van der Waals surface area contributed by atoms with Gasteiger partial charge in [0, 0.05) is 6.04 Å². The van der Waals surface area contributed by atoms with Crippen molar-refractivity contribution in [2.75, 3.05) is 5.34 Å². The van der Waals surface area contributed by atoms with Gasteiger partial charge in [-0.2, -0.15) is 0 Å². The highest BCUT2D eigenvalue weighted by molar-refractivity contribution is 6.40. The number of carbonyl (C=O) groups is 3. The molecule has 1 amide bonds. The molecule has 55 heavy (non-hydrogen) atoms. The number of esters is 2. The van der Waals surface area contributed by atoms with E-state index >= 15 is 0 Å². The normalized spacial score (nSPS) is 23.3. The summed E-state index contributed by atoms with van der Waals surface area (Å²) in [5.74, 6) is 2.65. The minimum Gasteiger partial charge on any atom is -0.462 e. The first kappa shape index (κ1) is 50.5. The van der Waals surface area contributed by atoms with Crippen molar-refractivity contribution < 1.29 is 28.6 Å². The summed E-state index contributed by atoms with van der Waals surface area (Å²) < 4.78 is 17.1. The third-order valence-electron chi connectivity index (χ3n) is 10.4. The van der Waals surface area contributed by atoms with E-state index in [0.29, 0.717) is 35.5 Å². The van der Waals surface area contributed by atoms with Gasteiger partial charge in [-0.05, 0) is 93.1 Å². The second kappa shape index (κ2) is 25.7. The lowest BCUT2D eigenvalue weighted by molar-refractivity contribution is -0.157. The Bertz CT molecular complexity index is 1370. The molecule has 0 unspecified atom stereocenters. The fourth-order valence-corrected chi connectivity index (χ4v) is 7.49. The fraction of sp³-hybridized carbons (Fsp3) is 0.659. The monoisotopic (exact) mass is 826 g/mol. The number of ether oxygens (including phenoxy) is 3. The minimum atomic E-state index is -0.603. The Labute approximate surface area is 348 Å². The molecule has 4 rings (SSSR count). The molecule has 2 aliphatic carbocycles. The molecule has 0 aliphatic heterocycles. The zero-order chi connectivity index (χ0) is 40.4. The largest absolute Gasteiger partial charge is 0.462 e. The molecular weight excluding hydrogens is 759 g/mol. The van der Waals surface area contributed by atoms with E-state index in [2.05, 4.69) is 46.9 Å². The lowest BCUT2D eigenvalue weighted by Gasteiger charge is -2.37. The first-order valence-corrected chi connectivity index (χ1v) is 20.9. The van der Waals surface area contributed by atoms with Crippen LogP contribution in [-0.2, 0) is 23.8 Å². The Balaban J connectivity index is 0.000000520. The third-order valence-corrected chi connectivity index (χ3v) is 10.4. The molecule has 2 aromatic rings. The first-order valence-electron chi connectivity index (χ1n) is 19.8. The molecule has 312 valence electrons. The summed E-state index contributed by atoms with van der Waals surface area (Å²) in [5, 5.41) is 3.03. The summed E-state index contributed by atoms with van der Waals surface area (Å²) in [5.41, 5.74) is 7.36. The van der Waals surface area contributed by atoms with Crippen LogP contribution in [0.1, 0.15) is 137 Å². The quantitative estimate of drug-likeness (QED) is 0.132. The highest BCUT2D eigenvalue weighted by Gasteiger charge is 2.35. The Morgan fingerprint density at radius 1 is 0.727 bits per heavy atom. The highest BCUT2D eigenvalue weighted by atomic mass is 35.5. The average Bonchev–Trinajstić information content (AvgIpc) is 3.08. The van der Waals surface area contributed by atoms with Crippen LogP contribution in [-0.4, -0.2) is 41.2 Å². The number of nitrogens with two attached hydrogens (primary N) is 1. The summed E-state index contributed by atoms with van der Waals surface area (Å²) >= 11 is 9.53. The number of carbonyl (C=O) groups excluding carboxylic acids is 3. The van der Waals surface area contributed by atoms with Crippen LogP contribution in [0.15, 0.2) is 60.7 Å². The molecule has 2 saturated carbocycles. The van der Waals surface area contributed by atoms with Gasteiger partial charge in [0.05, 0.1) is 24.2 Å². The molecule has 11 heteroatoms. The molecule has 3 N–H and O–H groups in total. The number of benzene rings is 2. The molecule has 2 aromatic carbocycles. The standard InChI is InChI=1S/C24H37NO4.C19H29NO2.CH2Cl2.ClH/c1-16(2)19-13-12-17(3)14-21(19)28-22(26)15-20(18-10-8-7-9-11-18)25-23(27)29-24(4,5)6;1-13(2)16-10-9-14(3)11-18(16)22-19(21)12-17(20)15-7-5-4-6-8-15;2-1-3;/h7-11,16-17,19-21H,12-15H2,1-6H3,(H,25,27);4-8,13-14,16-18H,9-12,20H2,1-3H3;1H2;1H/t17-,19+,20-,21-;14-,16+,17-,18-;;/m11../s1. The fourth-order valence-electron chi connectivity index (χ4n) is 7.49. The molecule has 2 aliphatic rings.